The lowest BCUT2D eigenvalue weighted by Gasteiger charge is -2.39. The molecule has 1 atom stereocenters. The zero-order chi connectivity index (χ0) is 11.1. The second kappa shape index (κ2) is 3.24. The predicted octanol–water partition coefficient (Wildman–Crippen LogP) is 3.36. The number of rotatable bonds is 0. The SMILES string of the molecule is CC1(C)CC(Br)(C#N)c2ccccc2O1. The minimum Gasteiger partial charge on any atom is -0.487 e. The molecule has 1 unspecified atom stereocenters. The first-order chi connectivity index (χ1) is 6.97. The molecule has 78 valence electrons. The van der Waals surface area contributed by atoms with Gasteiger partial charge in [-0.3, -0.25) is 0 Å². The van der Waals surface area contributed by atoms with E-state index in [1.54, 1.807) is 0 Å². The molecule has 3 heteroatoms. The average Bonchev–Trinajstić information content (AvgIpc) is 2.16. The molecule has 0 fully saturated rings. The highest BCUT2D eigenvalue weighted by Crippen LogP contribution is 2.48. The van der Waals surface area contributed by atoms with E-state index >= 15 is 0 Å². The van der Waals surface area contributed by atoms with Gasteiger partial charge >= 0.3 is 0 Å². The van der Waals surface area contributed by atoms with Gasteiger partial charge in [0.15, 0.2) is 0 Å². The molecule has 0 radical (unpaired) electrons. The number of ether oxygens (including phenoxy) is 1. The Hall–Kier alpha value is -1.01. The van der Waals surface area contributed by atoms with Crippen LogP contribution in [0.4, 0.5) is 0 Å². The number of halogens is 1. The van der Waals surface area contributed by atoms with Crippen LogP contribution in [-0.2, 0) is 4.32 Å². The van der Waals surface area contributed by atoms with Gasteiger partial charge in [0, 0.05) is 12.0 Å². The van der Waals surface area contributed by atoms with E-state index in [4.69, 9.17) is 4.74 Å². The van der Waals surface area contributed by atoms with E-state index in [-0.39, 0.29) is 5.60 Å². The van der Waals surface area contributed by atoms with Crippen LogP contribution in [0.1, 0.15) is 25.8 Å². The summed E-state index contributed by atoms with van der Waals surface area (Å²) >= 11 is 3.53. The van der Waals surface area contributed by atoms with E-state index < -0.39 is 4.32 Å². The Bertz CT molecular complexity index is 435. The summed E-state index contributed by atoms with van der Waals surface area (Å²) in [5.74, 6) is 0.798. The largest absolute Gasteiger partial charge is 0.487 e. The molecule has 0 aromatic heterocycles. The Balaban J connectivity index is 2.59. The maximum absolute atomic E-state index is 9.28. The lowest BCUT2D eigenvalue weighted by atomic mass is 9.85. The summed E-state index contributed by atoms with van der Waals surface area (Å²) in [6.45, 7) is 3.99. The molecule has 0 spiro atoms. The van der Waals surface area contributed by atoms with Crippen molar-refractivity contribution in [3.63, 3.8) is 0 Å². The van der Waals surface area contributed by atoms with Gasteiger partial charge in [-0.1, -0.05) is 34.1 Å². The molecular formula is C12H12BrNO. The van der Waals surface area contributed by atoms with Gasteiger partial charge in [0.05, 0.1) is 6.07 Å². The molecule has 0 saturated carbocycles. The first-order valence-corrected chi connectivity index (χ1v) is 5.65. The minimum absolute atomic E-state index is 0.312. The molecule has 1 aliphatic rings. The summed E-state index contributed by atoms with van der Waals surface area (Å²) in [5, 5.41) is 9.28. The molecular weight excluding hydrogens is 254 g/mol. The van der Waals surface area contributed by atoms with Crippen LogP contribution >= 0.6 is 15.9 Å². The van der Waals surface area contributed by atoms with Gasteiger partial charge in [0.25, 0.3) is 0 Å². The Morgan fingerprint density at radius 2 is 2.07 bits per heavy atom. The topological polar surface area (TPSA) is 33.0 Å². The fourth-order valence-corrected chi connectivity index (χ4v) is 3.00. The van der Waals surface area contributed by atoms with Gasteiger partial charge in [-0.2, -0.15) is 5.26 Å². The van der Waals surface area contributed by atoms with E-state index in [0.717, 1.165) is 11.3 Å². The van der Waals surface area contributed by atoms with Crippen molar-refractivity contribution in [3.05, 3.63) is 29.8 Å². The van der Waals surface area contributed by atoms with E-state index in [1.165, 1.54) is 0 Å². The molecule has 0 N–H and O–H groups in total. The summed E-state index contributed by atoms with van der Waals surface area (Å²) in [5.41, 5.74) is 0.611. The maximum Gasteiger partial charge on any atom is 0.144 e. The molecule has 1 heterocycles. The van der Waals surface area contributed by atoms with Gasteiger partial charge in [-0.05, 0) is 19.9 Å². The van der Waals surface area contributed by atoms with Crippen molar-refractivity contribution < 1.29 is 4.74 Å². The summed E-state index contributed by atoms with van der Waals surface area (Å²) in [6.07, 6.45) is 0.646. The molecule has 2 rings (SSSR count). The molecule has 2 nitrogen and oxygen atoms in total. The smallest absolute Gasteiger partial charge is 0.144 e. The number of fused-ring (bicyclic) bond motifs is 1. The first-order valence-electron chi connectivity index (χ1n) is 4.86. The van der Waals surface area contributed by atoms with Gasteiger partial charge in [-0.25, -0.2) is 0 Å². The van der Waals surface area contributed by atoms with Crippen LogP contribution in [0.3, 0.4) is 0 Å². The van der Waals surface area contributed by atoms with Crippen LogP contribution in [-0.4, -0.2) is 5.60 Å². The highest BCUT2D eigenvalue weighted by molar-refractivity contribution is 9.09. The van der Waals surface area contributed by atoms with Crippen LogP contribution in [0.15, 0.2) is 24.3 Å². The standard InChI is InChI=1S/C12H12BrNO/c1-11(2)7-12(13,8-14)9-5-3-4-6-10(9)15-11/h3-6H,7H2,1-2H3. The third-order valence-corrected chi connectivity index (χ3v) is 3.43. The molecule has 0 saturated heterocycles. The van der Waals surface area contributed by atoms with Crippen molar-refractivity contribution in [1.82, 2.24) is 0 Å². The van der Waals surface area contributed by atoms with Crippen molar-refractivity contribution in [1.29, 1.82) is 5.26 Å². The Kier molecular flexibility index (Phi) is 2.27. The third-order valence-electron chi connectivity index (χ3n) is 2.55. The van der Waals surface area contributed by atoms with Gasteiger partial charge in [0.1, 0.15) is 15.7 Å². The molecule has 1 aromatic carbocycles. The van der Waals surface area contributed by atoms with E-state index in [0.29, 0.717) is 6.42 Å². The molecule has 0 amide bonds. The normalized spacial score (nSPS) is 27.3. The number of para-hydroxylation sites is 1. The third kappa shape index (κ3) is 1.74. The molecule has 15 heavy (non-hydrogen) atoms. The fourth-order valence-electron chi connectivity index (χ4n) is 2.00. The summed E-state index contributed by atoms with van der Waals surface area (Å²) < 4.78 is 5.22. The first kappa shape index (κ1) is 10.5. The molecule has 1 aromatic rings. The predicted molar refractivity (Wildman–Crippen MR) is 62.0 cm³/mol. The van der Waals surface area contributed by atoms with Crippen LogP contribution < -0.4 is 4.74 Å². The summed E-state index contributed by atoms with van der Waals surface area (Å²) in [6, 6.07) is 10.0. The van der Waals surface area contributed by atoms with Crippen molar-refractivity contribution in [2.45, 2.75) is 30.2 Å². The van der Waals surface area contributed by atoms with Gasteiger partial charge in [0.2, 0.25) is 0 Å². The number of benzene rings is 1. The monoisotopic (exact) mass is 265 g/mol. The number of hydrogen-bond donors (Lipinski definition) is 0. The number of nitrogens with zero attached hydrogens (tertiary/aromatic N) is 1. The Morgan fingerprint density at radius 1 is 1.40 bits per heavy atom. The fraction of sp³-hybridized carbons (Fsp3) is 0.417. The molecule has 0 aliphatic carbocycles. The quantitative estimate of drug-likeness (QED) is 0.674. The molecule has 0 bridgehead atoms. The minimum atomic E-state index is -0.620. The van der Waals surface area contributed by atoms with Crippen LogP contribution in [0.5, 0.6) is 5.75 Å². The van der Waals surface area contributed by atoms with Crippen LogP contribution in [0.2, 0.25) is 0 Å². The van der Waals surface area contributed by atoms with E-state index in [2.05, 4.69) is 22.0 Å². The van der Waals surface area contributed by atoms with Gasteiger partial charge in [-0.15, -0.1) is 0 Å². The highest BCUT2D eigenvalue weighted by Gasteiger charge is 2.43. The number of nitriles is 1. The zero-order valence-electron chi connectivity index (χ0n) is 8.75. The second-order valence-corrected chi connectivity index (χ2v) is 5.80. The van der Waals surface area contributed by atoms with Crippen LogP contribution in [0, 0.1) is 11.3 Å². The Morgan fingerprint density at radius 3 is 2.73 bits per heavy atom. The molecule has 1 aliphatic heterocycles. The average molecular weight is 266 g/mol. The van der Waals surface area contributed by atoms with Crippen molar-refractivity contribution >= 4 is 15.9 Å². The van der Waals surface area contributed by atoms with Crippen molar-refractivity contribution in [3.8, 4) is 11.8 Å². The number of hydrogen-bond acceptors (Lipinski definition) is 2. The maximum atomic E-state index is 9.28. The summed E-state index contributed by atoms with van der Waals surface area (Å²) in [7, 11) is 0. The zero-order valence-corrected chi connectivity index (χ0v) is 10.3. The van der Waals surface area contributed by atoms with Crippen molar-refractivity contribution in [2.24, 2.45) is 0 Å². The lowest BCUT2D eigenvalue weighted by molar-refractivity contribution is 0.0752. The van der Waals surface area contributed by atoms with E-state index in [9.17, 15) is 5.26 Å². The lowest BCUT2D eigenvalue weighted by Crippen LogP contribution is -2.40. The van der Waals surface area contributed by atoms with E-state index in [1.807, 2.05) is 38.1 Å². The van der Waals surface area contributed by atoms with Crippen molar-refractivity contribution in [2.75, 3.05) is 0 Å². The second-order valence-electron chi connectivity index (χ2n) is 4.45. The Labute approximate surface area is 98.0 Å². The summed E-state index contributed by atoms with van der Waals surface area (Å²) in [4.78, 5) is 0. The van der Waals surface area contributed by atoms with Crippen LogP contribution in [0.25, 0.3) is 0 Å². The van der Waals surface area contributed by atoms with Gasteiger partial charge < -0.3 is 4.74 Å². The highest BCUT2D eigenvalue weighted by atomic mass is 79.9. The number of alkyl halides is 1.